The molecule has 0 spiro atoms. The molecular formula is C26H27ClFN3O. The van der Waals surface area contributed by atoms with E-state index in [1.165, 1.54) is 17.7 Å². The molecule has 0 unspecified atom stereocenters. The number of halogens is 2. The van der Waals surface area contributed by atoms with E-state index in [0.29, 0.717) is 12.1 Å². The van der Waals surface area contributed by atoms with E-state index in [0.717, 1.165) is 54.4 Å². The first-order chi connectivity index (χ1) is 15.5. The van der Waals surface area contributed by atoms with E-state index in [9.17, 15) is 9.18 Å². The number of carbonyl (C=O) groups excluding carboxylic acids is 1. The Balaban J connectivity index is 1.40. The maximum atomic E-state index is 13.1. The van der Waals surface area contributed by atoms with Crippen LogP contribution < -0.4 is 5.32 Å². The van der Waals surface area contributed by atoms with Crippen LogP contribution >= 0.6 is 11.6 Å². The van der Waals surface area contributed by atoms with E-state index < -0.39 is 0 Å². The lowest BCUT2D eigenvalue weighted by atomic mass is 9.89. The normalized spacial score (nSPS) is 15.0. The van der Waals surface area contributed by atoms with Gasteiger partial charge in [-0.2, -0.15) is 0 Å². The highest BCUT2D eigenvalue weighted by atomic mass is 35.5. The number of nitrogens with zero attached hydrogens (tertiary/aromatic N) is 2. The van der Waals surface area contributed by atoms with Crippen LogP contribution in [0.3, 0.4) is 0 Å². The number of aryl methyl sites for hydroxylation is 1. The third kappa shape index (κ3) is 5.72. The van der Waals surface area contributed by atoms with Gasteiger partial charge in [-0.3, -0.25) is 14.7 Å². The molecule has 0 bridgehead atoms. The molecule has 1 amide bonds. The maximum Gasteiger partial charge on any atom is 0.253 e. The average Bonchev–Trinajstić information content (AvgIpc) is 2.79. The zero-order valence-corrected chi connectivity index (χ0v) is 18.9. The Kier molecular flexibility index (Phi) is 7.18. The van der Waals surface area contributed by atoms with Crippen LogP contribution in [0, 0.1) is 12.7 Å². The molecule has 6 heteroatoms. The number of pyridine rings is 1. The summed E-state index contributed by atoms with van der Waals surface area (Å²) < 4.78 is 13.1. The Morgan fingerprint density at radius 3 is 2.56 bits per heavy atom. The van der Waals surface area contributed by atoms with Gasteiger partial charge in [0.25, 0.3) is 5.91 Å². The van der Waals surface area contributed by atoms with E-state index in [2.05, 4.69) is 16.3 Å². The summed E-state index contributed by atoms with van der Waals surface area (Å²) in [6.07, 6.45) is 1.91. The lowest BCUT2D eigenvalue weighted by Crippen LogP contribution is -2.34. The summed E-state index contributed by atoms with van der Waals surface area (Å²) in [6, 6.07) is 17.9. The minimum absolute atomic E-state index is 0.141. The van der Waals surface area contributed by atoms with Crippen molar-refractivity contribution in [2.45, 2.75) is 38.8 Å². The van der Waals surface area contributed by atoms with Crippen molar-refractivity contribution >= 4 is 17.5 Å². The largest absolute Gasteiger partial charge is 0.348 e. The first-order valence-corrected chi connectivity index (χ1v) is 11.3. The number of carbonyl (C=O) groups is 1. The van der Waals surface area contributed by atoms with Gasteiger partial charge in [0.1, 0.15) is 5.82 Å². The summed E-state index contributed by atoms with van der Waals surface area (Å²) in [7, 11) is 0. The number of likely N-dealkylation sites (tertiary alicyclic amines) is 1. The van der Waals surface area contributed by atoms with E-state index in [4.69, 9.17) is 16.6 Å². The summed E-state index contributed by atoms with van der Waals surface area (Å²) in [5.41, 5.74) is 4.49. The molecule has 2 heterocycles. The number of rotatable bonds is 6. The van der Waals surface area contributed by atoms with Gasteiger partial charge in [0.05, 0.1) is 11.3 Å². The molecule has 1 aromatic heterocycles. The third-order valence-electron chi connectivity index (χ3n) is 5.94. The second-order valence-electron chi connectivity index (χ2n) is 8.37. The van der Waals surface area contributed by atoms with Crippen molar-refractivity contribution in [3.63, 3.8) is 0 Å². The SMILES string of the molecule is Cc1ccc(C(=O)NCc2ccc(F)cc2)c(C2CCN(Cc3cccc(Cl)c3)CC2)n1. The highest BCUT2D eigenvalue weighted by molar-refractivity contribution is 6.30. The fraction of sp³-hybridized carbons (Fsp3) is 0.308. The number of hydrogen-bond acceptors (Lipinski definition) is 3. The van der Waals surface area contributed by atoms with Crippen LogP contribution in [0.25, 0.3) is 0 Å². The van der Waals surface area contributed by atoms with Crippen molar-refractivity contribution in [3.8, 4) is 0 Å². The van der Waals surface area contributed by atoms with Gasteiger partial charge >= 0.3 is 0 Å². The van der Waals surface area contributed by atoms with Crippen molar-refractivity contribution in [3.05, 3.63) is 99.6 Å². The maximum absolute atomic E-state index is 13.1. The number of nitrogens with one attached hydrogen (secondary N) is 1. The summed E-state index contributed by atoms with van der Waals surface area (Å²) in [5.74, 6) is -0.179. The van der Waals surface area contributed by atoms with Crippen LogP contribution in [0.5, 0.6) is 0 Å². The molecule has 4 nitrogen and oxygen atoms in total. The Morgan fingerprint density at radius 1 is 1.09 bits per heavy atom. The van der Waals surface area contributed by atoms with E-state index in [1.807, 2.05) is 37.3 Å². The Labute approximate surface area is 193 Å². The standard InChI is InChI=1S/C26H27ClFN3O/c1-18-5-10-24(26(32)29-16-19-6-8-23(28)9-7-19)25(30-18)21-11-13-31(14-12-21)17-20-3-2-4-22(27)15-20/h2-10,15,21H,11-14,16-17H2,1H3,(H,29,32). The van der Waals surface area contributed by atoms with Gasteiger partial charge < -0.3 is 5.32 Å². The Bertz CT molecular complexity index is 1080. The molecule has 1 N–H and O–H groups in total. The summed E-state index contributed by atoms with van der Waals surface area (Å²) in [5, 5.41) is 3.72. The van der Waals surface area contributed by atoms with Gasteiger partial charge in [-0.15, -0.1) is 0 Å². The molecule has 1 aliphatic heterocycles. The van der Waals surface area contributed by atoms with Gasteiger partial charge in [-0.25, -0.2) is 4.39 Å². The Hall–Kier alpha value is -2.76. The molecule has 0 atom stereocenters. The van der Waals surface area contributed by atoms with Crippen LogP contribution in [0.15, 0.2) is 60.7 Å². The van der Waals surface area contributed by atoms with E-state index in [-0.39, 0.29) is 17.6 Å². The summed E-state index contributed by atoms with van der Waals surface area (Å²) >= 11 is 6.12. The number of piperidine rings is 1. The molecule has 1 saturated heterocycles. The fourth-order valence-corrected chi connectivity index (χ4v) is 4.43. The van der Waals surface area contributed by atoms with Crippen molar-refractivity contribution in [1.29, 1.82) is 0 Å². The van der Waals surface area contributed by atoms with Gasteiger partial charge in [-0.05, 0) is 80.4 Å². The van der Waals surface area contributed by atoms with E-state index >= 15 is 0 Å². The number of hydrogen-bond donors (Lipinski definition) is 1. The Morgan fingerprint density at radius 2 is 1.84 bits per heavy atom. The van der Waals surface area contributed by atoms with Crippen molar-refractivity contribution in [1.82, 2.24) is 15.2 Å². The van der Waals surface area contributed by atoms with Crippen molar-refractivity contribution < 1.29 is 9.18 Å². The van der Waals surface area contributed by atoms with Crippen molar-refractivity contribution in [2.75, 3.05) is 13.1 Å². The predicted octanol–water partition coefficient (Wildman–Crippen LogP) is 5.49. The highest BCUT2D eigenvalue weighted by Gasteiger charge is 2.26. The lowest BCUT2D eigenvalue weighted by Gasteiger charge is -2.32. The van der Waals surface area contributed by atoms with Crippen LogP contribution in [0.4, 0.5) is 4.39 Å². The van der Waals surface area contributed by atoms with Crippen LogP contribution in [-0.4, -0.2) is 28.9 Å². The molecular weight excluding hydrogens is 425 g/mol. The predicted molar refractivity (Wildman–Crippen MR) is 125 cm³/mol. The zero-order valence-electron chi connectivity index (χ0n) is 18.2. The molecule has 0 saturated carbocycles. The lowest BCUT2D eigenvalue weighted by molar-refractivity contribution is 0.0948. The quantitative estimate of drug-likeness (QED) is 0.538. The third-order valence-corrected chi connectivity index (χ3v) is 6.18. The topological polar surface area (TPSA) is 45.2 Å². The first kappa shape index (κ1) is 22.4. The first-order valence-electron chi connectivity index (χ1n) is 10.9. The second kappa shape index (κ2) is 10.2. The molecule has 166 valence electrons. The summed E-state index contributed by atoms with van der Waals surface area (Å²) in [4.78, 5) is 20.1. The van der Waals surface area contributed by atoms with Crippen LogP contribution in [-0.2, 0) is 13.1 Å². The molecule has 4 rings (SSSR count). The van der Waals surface area contributed by atoms with Crippen LogP contribution in [0.2, 0.25) is 5.02 Å². The number of amides is 1. The number of benzene rings is 2. The number of aromatic nitrogens is 1. The minimum Gasteiger partial charge on any atom is -0.348 e. The van der Waals surface area contributed by atoms with Gasteiger partial charge in [0.2, 0.25) is 0 Å². The monoisotopic (exact) mass is 451 g/mol. The smallest absolute Gasteiger partial charge is 0.253 e. The van der Waals surface area contributed by atoms with Crippen molar-refractivity contribution in [2.24, 2.45) is 0 Å². The van der Waals surface area contributed by atoms with Gasteiger partial charge in [-0.1, -0.05) is 35.9 Å². The molecule has 3 aromatic rings. The van der Waals surface area contributed by atoms with Gasteiger partial charge in [0.15, 0.2) is 0 Å². The molecule has 2 aromatic carbocycles. The molecule has 0 radical (unpaired) electrons. The molecule has 1 fully saturated rings. The highest BCUT2D eigenvalue weighted by Crippen LogP contribution is 2.30. The fourth-order valence-electron chi connectivity index (χ4n) is 4.22. The molecule has 1 aliphatic rings. The average molecular weight is 452 g/mol. The van der Waals surface area contributed by atoms with Crippen LogP contribution in [0.1, 0.15) is 51.6 Å². The minimum atomic E-state index is -0.285. The second-order valence-corrected chi connectivity index (χ2v) is 8.81. The van der Waals surface area contributed by atoms with E-state index in [1.54, 1.807) is 12.1 Å². The molecule has 0 aliphatic carbocycles. The van der Waals surface area contributed by atoms with Gasteiger partial charge in [0, 0.05) is 29.7 Å². The molecule has 32 heavy (non-hydrogen) atoms. The zero-order chi connectivity index (χ0) is 22.5. The summed E-state index contributed by atoms with van der Waals surface area (Å²) in [6.45, 7) is 5.08.